The van der Waals surface area contributed by atoms with Gasteiger partial charge in [-0.3, -0.25) is 4.98 Å². The van der Waals surface area contributed by atoms with Crippen LogP contribution in [-0.4, -0.2) is 9.85 Å². The van der Waals surface area contributed by atoms with Gasteiger partial charge in [0.25, 0.3) is 0 Å². The van der Waals surface area contributed by atoms with Crippen molar-refractivity contribution < 1.29 is 4.29 Å². The first kappa shape index (κ1) is 17.7. The molecule has 1 heterocycles. The number of thiocarbonyl (C=S) groups is 1. The maximum Gasteiger partial charge on any atom is 0.173 e. The number of hydrogen-bond donors (Lipinski definition) is 1. The molecule has 25 heavy (non-hydrogen) atoms. The van der Waals surface area contributed by atoms with Gasteiger partial charge >= 0.3 is 0 Å². The SMILES string of the molecule is Cc1ccccc1Nc1ccc(C(=S)c2ncccc2OCl)c(Cl)c1. The molecule has 1 aromatic heterocycles. The molecule has 3 aromatic rings. The lowest BCUT2D eigenvalue weighted by Gasteiger charge is -2.12. The first-order valence-electron chi connectivity index (χ1n) is 7.50. The van der Waals surface area contributed by atoms with Crippen LogP contribution in [0.25, 0.3) is 0 Å². The molecule has 3 nitrogen and oxygen atoms in total. The van der Waals surface area contributed by atoms with E-state index in [9.17, 15) is 0 Å². The minimum absolute atomic E-state index is 0.396. The van der Waals surface area contributed by atoms with Crippen molar-refractivity contribution >= 4 is 51.9 Å². The standard InChI is InChI=1S/C19H14Cl2N2OS/c1-12-5-2-3-6-16(12)23-13-8-9-14(15(20)11-13)19(25)18-17(24-21)7-4-10-22-18/h2-11,23H,1H3. The minimum Gasteiger partial charge on any atom is -0.383 e. The average molecular weight is 389 g/mol. The number of aryl methyl sites for hydroxylation is 1. The summed E-state index contributed by atoms with van der Waals surface area (Å²) in [7, 11) is 0. The van der Waals surface area contributed by atoms with E-state index in [1.165, 1.54) is 0 Å². The van der Waals surface area contributed by atoms with Crippen LogP contribution in [0.3, 0.4) is 0 Å². The molecule has 0 fully saturated rings. The third kappa shape index (κ3) is 3.93. The molecule has 2 aromatic carbocycles. The molecule has 0 aliphatic rings. The molecule has 0 aliphatic carbocycles. The van der Waals surface area contributed by atoms with E-state index in [-0.39, 0.29) is 0 Å². The summed E-state index contributed by atoms with van der Waals surface area (Å²) in [6.07, 6.45) is 1.63. The largest absolute Gasteiger partial charge is 0.383 e. The van der Waals surface area contributed by atoms with Gasteiger partial charge in [0.15, 0.2) is 5.75 Å². The van der Waals surface area contributed by atoms with Gasteiger partial charge in [0.1, 0.15) is 17.6 Å². The molecule has 1 N–H and O–H groups in total. The number of anilines is 2. The number of para-hydroxylation sites is 1. The monoisotopic (exact) mass is 388 g/mol. The van der Waals surface area contributed by atoms with Gasteiger partial charge in [-0.05, 0) is 48.9 Å². The van der Waals surface area contributed by atoms with Crippen LogP contribution in [0.2, 0.25) is 5.02 Å². The summed E-state index contributed by atoms with van der Waals surface area (Å²) in [6, 6.07) is 17.1. The predicted octanol–water partition coefficient (Wildman–Crippen LogP) is 6.09. The highest BCUT2D eigenvalue weighted by molar-refractivity contribution is 7.81. The summed E-state index contributed by atoms with van der Waals surface area (Å²) < 4.78 is 4.81. The van der Waals surface area contributed by atoms with Crippen LogP contribution in [0.5, 0.6) is 5.75 Å². The third-order valence-corrected chi connectivity index (χ3v) is 4.60. The Morgan fingerprint density at radius 2 is 1.92 bits per heavy atom. The highest BCUT2D eigenvalue weighted by atomic mass is 35.5. The Morgan fingerprint density at radius 1 is 1.12 bits per heavy atom. The first-order chi connectivity index (χ1) is 12.1. The van der Waals surface area contributed by atoms with Crippen LogP contribution in [0.15, 0.2) is 60.8 Å². The van der Waals surface area contributed by atoms with Crippen molar-refractivity contribution in [3.05, 3.63) is 82.6 Å². The molecule has 0 amide bonds. The summed E-state index contributed by atoms with van der Waals surface area (Å²) in [4.78, 5) is 4.72. The lowest BCUT2D eigenvalue weighted by atomic mass is 10.1. The quantitative estimate of drug-likeness (QED) is 0.423. The zero-order chi connectivity index (χ0) is 17.8. The van der Waals surface area contributed by atoms with Crippen molar-refractivity contribution in [2.24, 2.45) is 0 Å². The lowest BCUT2D eigenvalue weighted by molar-refractivity contribution is 0.613. The molecule has 0 spiro atoms. The van der Waals surface area contributed by atoms with Crippen LogP contribution in [0.1, 0.15) is 16.8 Å². The Kier molecular flexibility index (Phi) is 5.53. The number of halogens is 2. The zero-order valence-corrected chi connectivity index (χ0v) is 15.6. The Morgan fingerprint density at radius 3 is 2.64 bits per heavy atom. The van der Waals surface area contributed by atoms with E-state index in [0.717, 1.165) is 16.9 Å². The van der Waals surface area contributed by atoms with Gasteiger partial charge in [-0.2, -0.15) is 0 Å². The summed E-state index contributed by atoms with van der Waals surface area (Å²) in [5, 5.41) is 3.88. The van der Waals surface area contributed by atoms with Crippen LogP contribution >= 0.6 is 35.7 Å². The van der Waals surface area contributed by atoms with Gasteiger partial charge in [0.2, 0.25) is 0 Å². The van der Waals surface area contributed by atoms with E-state index in [4.69, 9.17) is 40.0 Å². The number of hydrogen-bond acceptors (Lipinski definition) is 4. The Bertz CT molecular complexity index is 931. The maximum absolute atomic E-state index is 6.45. The van der Waals surface area contributed by atoms with Crippen LogP contribution < -0.4 is 9.61 Å². The molecule has 0 bridgehead atoms. The molecule has 0 unspecified atom stereocenters. The van der Waals surface area contributed by atoms with Gasteiger partial charge in [0, 0.05) is 23.1 Å². The van der Waals surface area contributed by atoms with E-state index < -0.39 is 0 Å². The van der Waals surface area contributed by atoms with Crippen molar-refractivity contribution in [2.45, 2.75) is 6.92 Å². The molecule has 6 heteroatoms. The van der Waals surface area contributed by atoms with Crippen molar-refractivity contribution in [3.63, 3.8) is 0 Å². The smallest absolute Gasteiger partial charge is 0.173 e. The molecular weight excluding hydrogens is 375 g/mol. The molecule has 0 radical (unpaired) electrons. The van der Waals surface area contributed by atoms with Crippen LogP contribution in [-0.2, 0) is 0 Å². The summed E-state index contributed by atoms with van der Waals surface area (Å²) in [5.41, 5.74) is 4.22. The Hall–Kier alpha value is -2.14. The van der Waals surface area contributed by atoms with E-state index in [0.29, 0.717) is 26.9 Å². The van der Waals surface area contributed by atoms with Crippen molar-refractivity contribution in [1.82, 2.24) is 4.98 Å². The van der Waals surface area contributed by atoms with Gasteiger partial charge in [-0.25, -0.2) is 0 Å². The summed E-state index contributed by atoms with van der Waals surface area (Å²) >= 11 is 17.5. The fourth-order valence-corrected chi connectivity index (χ4v) is 3.18. The van der Waals surface area contributed by atoms with E-state index in [1.807, 2.05) is 49.4 Å². The van der Waals surface area contributed by atoms with Crippen molar-refractivity contribution in [3.8, 4) is 5.75 Å². The normalized spacial score (nSPS) is 10.4. The zero-order valence-electron chi connectivity index (χ0n) is 13.3. The topological polar surface area (TPSA) is 34.2 Å². The lowest BCUT2D eigenvalue weighted by Crippen LogP contribution is -2.05. The van der Waals surface area contributed by atoms with Gasteiger partial charge in [-0.1, -0.05) is 42.0 Å². The average Bonchev–Trinajstić information content (AvgIpc) is 2.63. The van der Waals surface area contributed by atoms with Crippen LogP contribution in [0.4, 0.5) is 11.4 Å². The van der Waals surface area contributed by atoms with Crippen molar-refractivity contribution in [2.75, 3.05) is 5.32 Å². The summed E-state index contributed by atoms with van der Waals surface area (Å²) in [5.74, 6) is 0.396. The van der Waals surface area contributed by atoms with E-state index in [2.05, 4.69) is 10.3 Å². The molecule has 0 atom stereocenters. The number of nitrogens with one attached hydrogen (secondary N) is 1. The number of nitrogens with zero attached hydrogens (tertiary/aromatic N) is 1. The van der Waals surface area contributed by atoms with E-state index >= 15 is 0 Å². The Labute approximate surface area is 161 Å². The minimum atomic E-state index is 0.396. The second-order valence-electron chi connectivity index (χ2n) is 5.39. The van der Waals surface area contributed by atoms with Crippen LogP contribution in [0, 0.1) is 6.92 Å². The third-order valence-electron chi connectivity index (χ3n) is 3.71. The fourth-order valence-electron chi connectivity index (χ4n) is 2.40. The number of benzene rings is 2. The second kappa shape index (κ2) is 7.83. The predicted molar refractivity (Wildman–Crippen MR) is 107 cm³/mol. The molecular formula is C19H14Cl2N2OS. The highest BCUT2D eigenvalue weighted by Gasteiger charge is 2.15. The Balaban J connectivity index is 1.90. The van der Waals surface area contributed by atoms with Gasteiger partial charge < -0.3 is 9.61 Å². The van der Waals surface area contributed by atoms with E-state index in [1.54, 1.807) is 18.3 Å². The van der Waals surface area contributed by atoms with Gasteiger partial charge in [0.05, 0.1) is 9.89 Å². The number of pyridine rings is 1. The van der Waals surface area contributed by atoms with Crippen molar-refractivity contribution in [1.29, 1.82) is 0 Å². The first-order valence-corrected chi connectivity index (χ1v) is 8.60. The maximum atomic E-state index is 6.45. The summed E-state index contributed by atoms with van der Waals surface area (Å²) in [6.45, 7) is 2.04. The molecule has 0 saturated carbocycles. The second-order valence-corrected chi connectivity index (χ2v) is 6.36. The van der Waals surface area contributed by atoms with Gasteiger partial charge in [-0.15, -0.1) is 0 Å². The molecule has 126 valence electrons. The molecule has 0 saturated heterocycles. The fraction of sp³-hybridized carbons (Fsp3) is 0.0526. The molecule has 0 aliphatic heterocycles. The number of rotatable bonds is 5. The highest BCUT2D eigenvalue weighted by Crippen LogP contribution is 2.29. The molecule has 3 rings (SSSR count). The number of aromatic nitrogens is 1.